The zero-order chi connectivity index (χ0) is 14.7. The van der Waals surface area contributed by atoms with Gasteiger partial charge in [0.05, 0.1) is 6.04 Å². The average molecular weight is 345 g/mol. The number of benzene rings is 2. The highest BCUT2D eigenvalue weighted by Crippen LogP contribution is 2.33. The molecule has 0 aromatic heterocycles. The lowest BCUT2D eigenvalue weighted by Gasteiger charge is -2.36. The molecule has 2 nitrogen and oxygen atoms in total. The first-order chi connectivity index (χ1) is 10.3. The zero-order valence-electron chi connectivity index (χ0n) is 12.3. The molecule has 1 N–H and O–H groups in total. The Morgan fingerprint density at radius 2 is 1.67 bits per heavy atom. The number of hydrogen-bond donors (Lipinski definition) is 1. The maximum Gasteiger partial charge on any atom is 0.0613 e. The number of halogens is 1. The minimum absolute atomic E-state index is 0.322. The van der Waals surface area contributed by atoms with E-state index in [2.05, 4.69) is 81.6 Å². The molecular weight excluding hydrogens is 324 g/mol. The molecule has 0 amide bonds. The van der Waals surface area contributed by atoms with Crippen LogP contribution in [0.2, 0.25) is 0 Å². The Kier molecular flexibility index (Phi) is 4.73. The monoisotopic (exact) mass is 344 g/mol. The van der Waals surface area contributed by atoms with Crippen LogP contribution in [0.1, 0.15) is 22.7 Å². The summed E-state index contributed by atoms with van der Waals surface area (Å²) in [6.45, 7) is 6.43. The molecule has 1 fully saturated rings. The Balaban J connectivity index is 2.01. The summed E-state index contributed by atoms with van der Waals surface area (Å²) in [5.74, 6) is 0. The first-order valence-electron chi connectivity index (χ1n) is 7.51. The standard InChI is InChI=1S/C18H21BrN2/c1-14-6-8-15(9-7-14)18(21-12-10-20-11-13-21)16-4-2-3-5-17(16)19/h2-9,18,20H,10-13H2,1H3. The predicted octanol–water partition coefficient (Wildman–Crippen LogP) is 3.75. The molecule has 0 aliphatic carbocycles. The van der Waals surface area contributed by atoms with Gasteiger partial charge in [0, 0.05) is 30.7 Å². The summed E-state index contributed by atoms with van der Waals surface area (Å²) in [4.78, 5) is 2.57. The van der Waals surface area contributed by atoms with Crippen molar-refractivity contribution in [1.82, 2.24) is 10.2 Å². The Morgan fingerprint density at radius 1 is 1.00 bits per heavy atom. The smallest absolute Gasteiger partial charge is 0.0613 e. The minimum Gasteiger partial charge on any atom is -0.314 e. The highest BCUT2D eigenvalue weighted by Gasteiger charge is 2.25. The quantitative estimate of drug-likeness (QED) is 0.911. The lowest BCUT2D eigenvalue weighted by molar-refractivity contribution is 0.198. The van der Waals surface area contributed by atoms with Crippen LogP contribution in [0.4, 0.5) is 0 Å². The topological polar surface area (TPSA) is 15.3 Å². The molecule has 2 aromatic carbocycles. The third-order valence-electron chi connectivity index (χ3n) is 4.11. The van der Waals surface area contributed by atoms with Crippen molar-refractivity contribution in [1.29, 1.82) is 0 Å². The first kappa shape index (κ1) is 14.8. The second kappa shape index (κ2) is 6.73. The molecule has 0 saturated carbocycles. The van der Waals surface area contributed by atoms with Crippen LogP contribution in [0, 0.1) is 6.92 Å². The fourth-order valence-corrected chi connectivity index (χ4v) is 3.47. The zero-order valence-corrected chi connectivity index (χ0v) is 13.9. The summed E-state index contributed by atoms with van der Waals surface area (Å²) in [6, 6.07) is 17.9. The van der Waals surface area contributed by atoms with Gasteiger partial charge in [0.1, 0.15) is 0 Å². The van der Waals surface area contributed by atoms with Crippen LogP contribution >= 0.6 is 15.9 Å². The predicted molar refractivity (Wildman–Crippen MR) is 91.6 cm³/mol. The van der Waals surface area contributed by atoms with Gasteiger partial charge in [-0.25, -0.2) is 0 Å². The Hall–Kier alpha value is -1.16. The highest BCUT2D eigenvalue weighted by molar-refractivity contribution is 9.10. The number of hydrogen-bond acceptors (Lipinski definition) is 2. The lowest BCUT2D eigenvalue weighted by Crippen LogP contribution is -2.45. The van der Waals surface area contributed by atoms with E-state index in [9.17, 15) is 0 Å². The second-order valence-electron chi connectivity index (χ2n) is 5.62. The van der Waals surface area contributed by atoms with E-state index in [-0.39, 0.29) is 0 Å². The molecule has 1 aliphatic heterocycles. The minimum atomic E-state index is 0.322. The van der Waals surface area contributed by atoms with Gasteiger partial charge in [-0.05, 0) is 24.1 Å². The van der Waals surface area contributed by atoms with Crippen molar-refractivity contribution in [2.24, 2.45) is 0 Å². The summed E-state index contributed by atoms with van der Waals surface area (Å²) in [5, 5.41) is 3.44. The van der Waals surface area contributed by atoms with Gasteiger partial charge in [0.15, 0.2) is 0 Å². The molecule has 2 aromatic rings. The first-order valence-corrected chi connectivity index (χ1v) is 8.31. The van der Waals surface area contributed by atoms with E-state index in [1.54, 1.807) is 0 Å². The average Bonchev–Trinajstić information content (AvgIpc) is 2.52. The summed E-state index contributed by atoms with van der Waals surface area (Å²) < 4.78 is 1.19. The fourth-order valence-electron chi connectivity index (χ4n) is 2.97. The molecule has 1 atom stereocenters. The van der Waals surface area contributed by atoms with Gasteiger partial charge in [-0.15, -0.1) is 0 Å². The van der Waals surface area contributed by atoms with Gasteiger partial charge in [0.2, 0.25) is 0 Å². The van der Waals surface area contributed by atoms with Crippen molar-refractivity contribution in [2.75, 3.05) is 26.2 Å². The van der Waals surface area contributed by atoms with Gasteiger partial charge < -0.3 is 5.32 Å². The molecule has 3 heteroatoms. The molecular formula is C18H21BrN2. The van der Waals surface area contributed by atoms with Crippen molar-refractivity contribution in [3.63, 3.8) is 0 Å². The molecule has 3 rings (SSSR count). The number of aryl methyl sites for hydroxylation is 1. The summed E-state index contributed by atoms with van der Waals surface area (Å²) >= 11 is 3.73. The van der Waals surface area contributed by atoms with Crippen LogP contribution in [-0.4, -0.2) is 31.1 Å². The van der Waals surface area contributed by atoms with E-state index in [0.717, 1.165) is 26.2 Å². The number of nitrogens with zero attached hydrogens (tertiary/aromatic N) is 1. The van der Waals surface area contributed by atoms with E-state index in [1.807, 2.05) is 0 Å². The molecule has 0 bridgehead atoms. The van der Waals surface area contributed by atoms with Crippen LogP contribution in [0.3, 0.4) is 0 Å². The summed E-state index contributed by atoms with van der Waals surface area (Å²) in [6.07, 6.45) is 0. The number of piperazine rings is 1. The maximum absolute atomic E-state index is 3.73. The third kappa shape index (κ3) is 3.37. The van der Waals surface area contributed by atoms with Gasteiger partial charge in [0.25, 0.3) is 0 Å². The summed E-state index contributed by atoms with van der Waals surface area (Å²) in [5.41, 5.74) is 4.03. The van der Waals surface area contributed by atoms with Crippen molar-refractivity contribution in [2.45, 2.75) is 13.0 Å². The maximum atomic E-state index is 3.73. The normalized spacial score (nSPS) is 17.6. The van der Waals surface area contributed by atoms with E-state index >= 15 is 0 Å². The highest BCUT2D eigenvalue weighted by atomic mass is 79.9. The second-order valence-corrected chi connectivity index (χ2v) is 6.48. The van der Waals surface area contributed by atoms with Crippen LogP contribution < -0.4 is 5.32 Å². The van der Waals surface area contributed by atoms with Crippen molar-refractivity contribution in [3.05, 3.63) is 69.7 Å². The molecule has 1 saturated heterocycles. The Bertz CT molecular complexity index is 588. The summed E-state index contributed by atoms with van der Waals surface area (Å²) in [7, 11) is 0. The largest absolute Gasteiger partial charge is 0.314 e. The van der Waals surface area contributed by atoms with E-state index < -0.39 is 0 Å². The van der Waals surface area contributed by atoms with Gasteiger partial charge in [-0.1, -0.05) is 64.0 Å². The number of nitrogens with one attached hydrogen (secondary N) is 1. The van der Waals surface area contributed by atoms with Crippen molar-refractivity contribution < 1.29 is 0 Å². The van der Waals surface area contributed by atoms with E-state index in [4.69, 9.17) is 0 Å². The Morgan fingerprint density at radius 3 is 2.33 bits per heavy atom. The molecule has 1 aliphatic rings. The molecule has 1 unspecified atom stereocenters. The van der Waals surface area contributed by atoms with Crippen molar-refractivity contribution in [3.8, 4) is 0 Å². The van der Waals surface area contributed by atoms with E-state index in [0.29, 0.717) is 6.04 Å². The third-order valence-corrected chi connectivity index (χ3v) is 4.83. The molecule has 110 valence electrons. The molecule has 1 heterocycles. The Labute approximate surface area is 135 Å². The van der Waals surface area contributed by atoms with Crippen molar-refractivity contribution >= 4 is 15.9 Å². The SMILES string of the molecule is Cc1ccc(C(c2ccccc2Br)N2CCNCC2)cc1. The van der Waals surface area contributed by atoms with Crippen LogP contribution in [-0.2, 0) is 0 Å². The molecule has 21 heavy (non-hydrogen) atoms. The van der Waals surface area contributed by atoms with Gasteiger partial charge in [-0.2, -0.15) is 0 Å². The molecule has 0 spiro atoms. The number of rotatable bonds is 3. The fraction of sp³-hybridized carbons (Fsp3) is 0.333. The van der Waals surface area contributed by atoms with Gasteiger partial charge in [-0.3, -0.25) is 4.90 Å². The van der Waals surface area contributed by atoms with E-state index in [1.165, 1.54) is 21.2 Å². The van der Waals surface area contributed by atoms with Crippen LogP contribution in [0.25, 0.3) is 0 Å². The van der Waals surface area contributed by atoms with Gasteiger partial charge >= 0.3 is 0 Å². The lowest BCUT2D eigenvalue weighted by atomic mass is 9.96. The van der Waals surface area contributed by atoms with Crippen LogP contribution in [0.15, 0.2) is 53.0 Å². The molecule has 0 radical (unpaired) electrons. The van der Waals surface area contributed by atoms with Crippen LogP contribution in [0.5, 0.6) is 0 Å².